The molecule has 9 heteroatoms. The van der Waals surface area contributed by atoms with Crippen LogP contribution in [0.2, 0.25) is 0 Å². The Morgan fingerprint density at radius 3 is 2.89 bits per heavy atom. The number of thiophene rings is 1. The summed E-state index contributed by atoms with van der Waals surface area (Å²) in [6.45, 7) is 4.46. The van der Waals surface area contributed by atoms with Crippen LogP contribution in [0.1, 0.15) is 54.2 Å². The average molecular weight is 421 g/mol. The summed E-state index contributed by atoms with van der Waals surface area (Å²) >= 11 is 2.63. The number of aromatic nitrogens is 3. The Kier molecular flexibility index (Phi) is 7.27. The molecule has 2 heterocycles. The standard InChI is InChI=1S/C19H24N4O3S2/c1-3-10-23-16(13-7-5-4-6-8-13)21-22-19(23)28-12-15(24)20-17-14(9-11-27-17)18(25)26-2/h3,9,11,13H,1,4-8,10,12H2,2H3,(H,20,24). The van der Waals surface area contributed by atoms with Crippen LogP contribution in [0.5, 0.6) is 0 Å². The van der Waals surface area contributed by atoms with E-state index in [4.69, 9.17) is 4.74 Å². The molecule has 1 saturated carbocycles. The number of esters is 1. The van der Waals surface area contributed by atoms with Crippen LogP contribution in [-0.2, 0) is 16.1 Å². The molecule has 2 aromatic heterocycles. The summed E-state index contributed by atoms with van der Waals surface area (Å²) in [5, 5.41) is 14.5. The van der Waals surface area contributed by atoms with E-state index >= 15 is 0 Å². The molecule has 2 aromatic rings. The van der Waals surface area contributed by atoms with Crippen molar-refractivity contribution >= 4 is 40.0 Å². The fourth-order valence-corrected chi connectivity index (χ4v) is 4.89. The van der Waals surface area contributed by atoms with E-state index in [0.29, 0.717) is 23.0 Å². The van der Waals surface area contributed by atoms with Crippen molar-refractivity contribution in [3.63, 3.8) is 0 Å². The molecular weight excluding hydrogens is 396 g/mol. The maximum absolute atomic E-state index is 12.4. The molecule has 0 saturated heterocycles. The van der Waals surface area contributed by atoms with E-state index in [1.165, 1.54) is 49.5 Å². The van der Waals surface area contributed by atoms with Gasteiger partial charge in [0.15, 0.2) is 5.16 Å². The molecule has 0 bridgehead atoms. The Hall–Kier alpha value is -2.13. The molecule has 0 spiro atoms. The molecular formula is C19H24N4O3S2. The number of thioether (sulfide) groups is 1. The number of nitrogens with one attached hydrogen (secondary N) is 1. The van der Waals surface area contributed by atoms with E-state index in [9.17, 15) is 9.59 Å². The number of carbonyl (C=O) groups is 2. The minimum Gasteiger partial charge on any atom is -0.465 e. The van der Waals surface area contributed by atoms with Gasteiger partial charge in [0.25, 0.3) is 0 Å². The van der Waals surface area contributed by atoms with Crippen LogP contribution in [0.25, 0.3) is 0 Å². The fourth-order valence-electron chi connectivity index (χ4n) is 3.34. The normalized spacial score (nSPS) is 14.6. The van der Waals surface area contributed by atoms with Crippen molar-refractivity contribution < 1.29 is 14.3 Å². The molecule has 1 amide bonds. The predicted octanol–water partition coefficient (Wildman–Crippen LogP) is 4.09. The minimum atomic E-state index is -0.466. The fraction of sp³-hybridized carbons (Fsp3) is 0.474. The SMILES string of the molecule is C=CCn1c(SCC(=O)Nc2sccc2C(=O)OC)nnc1C1CCCCC1. The third-order valence-corrected chi connectivity index (χ3v) is 6.48. The van der Waals surface area contributed by atoms with Gasteiger partial charge >= 0.3 is 5.97 Å². The number of allylic oxidation sites excluding steroid dienone is 1. The number of nitrogens with zero attached hydrogens (tertiary/aromatic N) is 3. The van der Waals surface area contributed by atoms with Crippen molar-refractivity contribution in [2.75, 3.05) is 18.2 Å². The molecule has 3 rings (SSSR count). The Labute approximate surface area is 172 Å². The zero-order chi connectivity index (χ0) is 19.9. The highest BCUT2D eigenvalue weighted by Crippen LogP contribution is 2.33. The highest BCUT2D eigenvalue weighted by molar-refractivity contribution is 7.99. The molecule has 1 aliphatic carbocycles. The summed E-state index contributed by atoms with van der Waals surface area (Å²) in [6.07, 6.45) is 7.82. The van der Waals surface area contributed by atoms with Crippen molar-refractivity contribution in [2.45, 2.75) is 49.7 Å². The maximum atomic E-state index is 12.4. The number of methoxy groups -OCH3 is 1. The second kappa shape index (κ2) is 9.88. The largest absolute Gasteiger partial charge is 0.465 e. The number of ether oxygens (including phenoxy) is 1. The monoisotopic (exact) mass is 420 g/mol. The van der Waals surface area contributed by atoms with Gasteiger partial charge in [0.2, 0.25) is 5.91 Å². The van der Waals surface area contributed by atoms with Gasteiger partial charge in [-0.25, -0.2) is 4.79 Å². The average Bonchev–Trinajstić information content (AvgIpc) is 3.34. The summed E-state index contributed by atoms with van der Waals surface area (Å²) in [6, 6.07) is 1.64. The second-order valence-corrected chi connectivity index (χ2v) is 8.43. The van der Waals surface area contributed by atoms with Crippen LogP contribution in [-0.4, -0.2) is 39.5 Å². The van der Waals surface area contributed by atoms with Gasteiger partial charge in [0.05, 0.1) is 18.4 Å². The van der Waals surface area contributed by atoms with Crippen LogP contribution in [0, 0.1) is 0 Å². The van der Waals surface area contributed by atoms with Gasteiger partial charge in [0.1, 0.15) is 10.8 Å². The third-order valence-electron chi connectivity index (χ3n) is 4.68. The number of hydrogen-bond acceptors (Lipinski definition) is 7. The lowest BCUT2D eigenvalue weighted by molar-refractivity contribution is -0.113. The second-order valence-electron chi connectivity index (χ2n) is 6.57. The summed E-state index contributed by atoms with van der Waals surface area (Å²) in [4.78, 5) is 24.1. The first-order valence-electron chi connectivity index (χ1n) is 9.26. The summed E-state index contributed by atoms with van der Waals surface area (Å²) < 4.78 is 6.79. The zero-order valence-electron chi connectivity index (χ0n) is 15.8. The molecule has 0 radical (unpaired) electrons. The lowest BCUT2D eigenvalue weighted by atomic mass is 9.89. The molecule has 0 unspecified atom stereocenters. The van der Waals surface area contributed by atoms with Gasteiger partial charge in [-0.05, 0) is 24.3 Å². The van der Waals surface area contributed by atoms with E-state index in [2.05, 4.69) is 26.7 Å². The smallest absolute Gasteiger partial charge is 0.340 e. The molecule has 7 nitrogen and oxygen atoms in total. The van der Waals surface area contributed by atoms with Crippen molar-refractivity contribution in [3.05, 3.63) is 35.5 Å². The van der Waals surface area contributed by atoms with Crippen molar-refractivity contribution in [2.24, 2.45) is 0 Å². The molecule has 1 N–H and O–H groups in total. The number of rotatable bonds is 8. The van der Waals surface area contributed by atoms with Crippen LogP contribution in [0.3, 0.4) is 0 Å². The third kappa shape index (κ3) is 4.82. The first-order chi connectivity index (χ1) is 13.6. The molecule has 0 aromatic carbocycles. The molecule has 28 heavy (non-hydrogen) atoms. The summed E-state index contributed by atoms with van der Waals surface area (Å²) in [5.41, 5.74) is 0.361. The lowest BCUT2D eigenvalue weighted by Gasteiger charge is -2.21. The number of amides is 1. The predicted molar refractivity (Wildman–Crippen MR) is 111 cm³/mol. The first kappa shape index (κ1) is 20.6. The Bertz CT molecular complexity index is 840. The van der Waals surface area contributed by atoms with E-state index < -0.39 is 5.97 Å². The quantitative estimate of drug-likeness (QED) is 0.393. The summed E-state index contributed by atoms with van der Waals surface area (Å²) in [7, 11) is 1.32. The van der Waals surface area contributed by atoms with Gasteiger partial charge in [-0.3, -0.25) is 4.79 Å². The van der Waals surface area contributed by atoms with Gasteiger partial charge in [-0.15, -0.1) is 28.1 Å². The highest BCUT2D eigenvalue weighted by Gasteiger charge is 2.23. The van der Waals surface area contributed by atoms with Crippen molar-refractivity contribution in [1.82, 2.24) is 14.8 Å². The Balaban J connectivity index is 1.64. The van der Waals surface area contributed by atoms with Crippen molar-refractivity contribution in [3.8, 4) is 0 Å². The number of carbonyl (C=O) groups excluding carboxylic acids is 2. The first-order valence-corrected chi connectivity index (χ1v) is 11.1. The van der Waals surface area contributed by atoms with E-state index in [0.717, 1.165) is 23.8 Å². The molecule has 150 valence electrons. The van der Waals surface area contributed by atoms with Crippen LogP contribution >= 0.6 is 23.1 Å². The van der Waals surface area contributed by atoms with Gasteiger partial charge in [-0.2, -0.15) is 0 Å². The van der Waals surface area contributed by atoms with Gasteiger partial charge < -0.3 is 14.6 Å². The minimum absolute atomic E-state index is 0.179. The Morgan fingerprint density at radius 1 is 1.39 bits per heavy atom. The van der Waals surface area contributed by atoms with Crippen LogP contribution < -0.4 is 5.32 Å². The Morgan fingerprint density at radius 2 is 2.18 bits per heavy atom. The zero-order valence-corrected chi connectivity index (χ0v) is 17.5. The molecule has 0 atom stereocenters. The van der Waals surface area contributed by atoms with E-state index in [1.54, 1.807) is 11.4 Å². The van der Waals surface area contributed by atoms with Gasteiger partial charge in [-0.1, -0.05) is 37.1 Å². The number of anilines is 1. The highest BCUT2D eigenvalue weighted by atomic mass is 32.2. The molecule has 1 aliphatic rings. The number of hydrogen-bond donors (Lipinski definition) is 1. The van der Waals surface area contributed by atoms with Crippen LogP contribution in [0.15, 0.2) is 29.3 Å². The lowest BCUT2D eigenvalue weighted by Crippen LogP contribution is -2.16. The van der Waals surface area contributed by atoms with E-state index in [-0.39, 0.29) is 11.7 Å². The van der Waals surface area contributed by atoms with Gasteiger partial charge in [0, 0.05) is 12.5 Å². The van der Waals surface area contributed by atoms with Crippen LogP contribution in [0.4, 0.5) is 5.00 Å². The maximum Gasteiger partial charge on any atom is 0.340 e. The van der Waals surface area contributed by atoms with Crippen molar-refractivity contribution in [1.29, 1.82) is 0 Å². The molecule has 1 fully saturated rings. The molecule has 0 aliphatic heterocycles. The topological polar surface area (TPSA) is 86.1 Å². The van der Waals surface area contributed by atoms with E-state index in [1.807, 2.05) is 6.08 Å². The summed E-state index contributed by atoms with van der Waals surface area (Å²) in [5.74, 6) is 0.933.